The summed E-state index contributed by atoms with van der Waals surface area (Å²) in [7, 11) is 0. The molecule has 16 heavy (non-hydrogen) atoms. The summed E-state index contributed by atoms with van der Waals surface area (Å²) in [4.78, 5) is 23.6. The SMILES string of the molecule is CC(C)(C)NCC(O)CN1C(=O)CSC1=O. The summed E-state index contributed by atoms with van der Waals surface area (Å²) < 4.78 is 0. The van der Waals surface area contributed by atoms with Crippen molar-refractivity contribution in [1.82, 2.24) is 10.2 Å². The molecule has 1 fully saturated rings. The Morgan fingerprint density at radius 2 is 2.12 bits per heavy atom. The number of amides is 2. The minimum absolute atomic E-state index is 0.0771. The number of aliphatic hydroxyl groups excluding tert-OH is 1. The molecule has 1 aliphatic rings. The molecule has 1 unspecified atom stereocenters. The summed E-state index contributed by atoms with van der Waals surface area (Å²) in [6.07, 6.45) is -0.717. The summed E-state index contributed by atoms with van der Waals surface area (Å²) in [5.74, 6) is -0.0251. The molecule has 0 saturated carbocycles. The number of imide groups is 1. The Balaban J connectivity index is 2.36. The van der Waals surface area contributed by atoms with Crippen molar-refractivity contribution in [3.63, 3.8) is 0 Å². The van der Waals surface area contributed by atoms with E-state index in [4.69, 9.17) is 0 Å². The maximum Gasteiger partial charge on any atom is 0.288 e. The van der Waals surface area contributed by atoms with Crippen LogP contribution in [0.5, 0.6) is 0 Å². The smallest absolute Gasteiger partial charge is 0.288 e. The Bertz CT molecular complexity index is 272. The van der Waals surface area contributed by atoms with Gasteiger partial charge in [-0.1, -0.05) is 11.8 Å². The Morgan fingerprint density at radius 3 is 2.56 bits per heavy atom. The van der Waals surface area contributed by atoms with Crippen LogP contribution in [0.3, 0.4) is 0 Å². The zero-order chi connectivity index (χ0) is 12.3. The van der Waals surface area contributed by atoms with E-state index < -0.39 is 6.10 Å². The number of hydrogen-bond donors (Lipinski definition) is 2. The van der Waals surface area contributed by atoms with Gasteiger partial charge in [0.2, 0.25) is 5.91 Å². The van der Waals surface area contributed by atoms with Crippen LogP contribution >= 0.6 is 11.8 Å². The fourth-order valence-electron chi connectivity index (χ4n) is 1.26. The van der Waals surface area contributed by atoms with Gasteiger partial charge in [0.15, 0.2) is 0 Å². The highest BCUT2D eigenvalue weighted by Gasteiger charge is 2.31. The molecule has 5 nitrogen and oxygen atoms in total. The van der Waals surface area contributed by atoms with E-state index >= 15 is 0 Å². The summed E-state index contributed by atoms with van der Waals surface area (Å²) in [6.45, 7) is 6.41. The first kappa shape index (κ1) is 13.5. The standard InChI is InChI=1S/C10H18N2O3S/c1-10(2,3)11-4-7(13)5-12-8(14)6-16-9(12)15/h7,11,13H,4-6H2,1-3H3. The van der Waals surface area contributed by atoms with Gasteiger partial charge in [0.25, 0.3) is 5.24 Å². The van der Waals surface area contributed by atoms with Gasteiger partial charge in [-0.15, -0.1) is 0 Å². The molecule has 0 radical (unpaired) electrons. The van der Waals surface area contributed by atoms with Gasteiger partial charge in [-0.25, -0.2) is 0 Å². The largest absolute Gasteiger partial charge is 0.390 e. The highest BCUT2D eigenvalue weighted by molar-refractivity contribution is 8.14. The second kappa shape index (κ2) is 5.16. The molecular weight excluding hydrogens is 228 g/mol. The third-order valence-corrected chi connectivity index (χ3v) is 2.96. The first-order valence-electron chi connectivity index (χ1n) is 5.20. The number of β-amino-alcohol motifs (C(OH)–C–C–N with tert-alkyl or cyclic N) is 1. The van der Waals surface area contributed by atoms with E-state index in [1.165, 1.54) is 0 Å². The van der Waals surface area contributed by atoms with E-state index in [9.17, 15) is 14.7 Å². The minimum Gasteiger partial charge on any atom is -0.390 e. The van der Waals surface area contributed by atoms with Crippen LogP contribution in [0, 0.1) is 0 Å². The van der Waals surface area contributed by atoms with Crippen LogP contribution in [-0.4, -0.2) is 51.6 Å². The van der Waals surface area contributed by atoms with E-state index in [0.29, 0.717) is 6.54 Å². The first-order valence-corrected chi connectivity index (χ1v) is 6.18. The molecule has 0 spiro atoms. The molecule has 0 aliphatic carbocycles. The van der Waals surface area contributed by atoms with Crippen molar-refractivity contribution in [3.05, 3.63) is 0 Å². The minimum atomic E-state index is -0.717. The molecule has 2 N–H and O–H groups in total. The molecule has 1 saturated heterocycles. The van der Waals surface area contributed by atoms with Gasteiger partial charge in [0, 0.05) is 12.1 Å². The Kier molecular flexibility index (Phi) is 4.35. The van der Waals surface area contributed by atoms with Gasteiger partial charge in [-0.2, -0.15) is 0 Å². The second-order valence-electron chi connectivity index (χ2n) is 4.84. The van der Waals surface area contributed by atoms with E-state index in [0.717, 1.165) is 16.7 Å². The molecule has 1 rings (SSSR count). The number of thioether (sulfide) groups is 1. The van der Waals surface area contributed by atoms with Gasteiger partial charge < -0.3 is 10.4 Å². The monoisotopic (exact) mass is 246 g/mol. The van der Waals surface area contributed by atoms with Crippen LogP contribution in [0.25, 0.3) is 0 Å². The third kappa shape index (κ3) is 4.11. The number of nitrogens with one attached hydrogen (secondary N) is 1. The van der Waals surface area contributed by atoms with Crippen molar-refractivity contribution in [1.29, 1.82) is 0 Å². The molecule has 1 heterocycles. The first-order chi connectivity index (χ1) is 7.29. The van der Waals surface area contributed by atoms with Crippen molar-refractivity contribution in [2.75, 3.05) is 18.8 Å². The van der Waals surface area contributed by atoms with Crippen molar-refractivity contribution in [2.45, 2.75) is 32.4 Å². The maximum atomic E-state index is 11.3. The lowest BCUT2D eigenvalue weighted by Crippen LogP contribution is -2.45. The van der Waals surface area contributed by atoms with E-state index in [1.54, 1.807) is 0 Å². The lowest BCUT2D eigenvalue weighted by molar-refractivity contribution is -0.125. The predicted octanol–water partition coefficient (Wildman–Crippen LogP) is 0.431. The van der Waals surface area contributed by atoms with Gasteiger partial charge in [-0.3, -0.25) is 14.5 Å². The number of carbonyl (C=O) groups excluding carboxylic acids is 2. The third-order valence-electron chi connectivity index (χ3n) is 2.10. The van der Waals surface area contributed by atoms with Crippen LogP contribution < -0.4 is 5.32 Å². The lowest BCUT2D eigenvalue weighted by atomic mass is 10.1. The Morgan fingerprint density at radius 1 is 1.50 bits per heavy atom. The summed E-state index contributed by atoms with van der Waals surface area (Å²) >= 11 is 0.985. The zero-order valence-electron chi connectivity index (χ0n) is 9.82. The molecule has 1 aliphatic heterocycles. The van der Waals surface area contributed by atoms with Crippen LogP contribution in [-0.2, 0) is 4.79 Å². The van der Waals surface area contributed by atoms with Gasteiger partial charge in [0.05, 0.1) is 18.4 Å². The van der Waals surface area contributed by atoms with Gasteiger partial charge in [0.1, 0.15) is 0 Å². The highest BCUT2D eigenvalue weighted by Crippen LogP contribution is 2.18. The topological polar surface area (TPSA) is 69.6 Å². The lowest BCUT2D eigenvalue weighted by Gasteiger charge is -2.24. The van der Waals surface area contributed by atoms with Gasteiger partial charge >= 0.3 is 0 Å². The number of nitrogens with zero attached hydrogens (tertiary/aromatic N) is 1. The van der Waals surface area contributed by atoms with Crippen molar-refractivity contribution in [2.24, 2.45) is 0 Å². The number of hydrogen-bond acceptors (Lipinski definition) is 5. The van der Waals surface area contributed by atoms with Crippen molar-refractivity contribution < 1.29 is 14.7 Å². The van der Waals surface area contributed by atoms with Gasteiger partial charge in [-0.05, 0) is 20.8 Å². The van der Waals surface area contributed by atoms with Crippen LogP contribution in [0.15, 0.2) is 0 Å². The fourth-order valence-corrected chi connectivity index (χ4v) is 1.99. The predicted molar refractivity (Wildman–Crippen MR) is 63.3 cm³/mol. The van der Waals surface area contributed by atoms with E-state index in [1.807, 2.05) is 20.8 Å². The molecule has 2 amide bonds. The quantitative estimate of drug-likeness (QED) is 0.753. The molecule has 92 valence electrons. The van der Waals surface area contributed by atoms with Crippen LogP contribution in [0.1, 0.15) is 20.8 Å². The maximum absolute atomic E-state index is 11.3. The Labute approximate surface area is 99.6 Å². The molecule has 0 bridgehead atoms. The van der Waals surface area contributed by atoms with Crippen LogP contribution in [0.2, 0.25) is 0 Å². The second-order valence-corrected chi connectivity index (χ2v) is 5.77. The molecule has 0 aromatic carbocycles. The number of rotatable bonds is 4. The van der Waals surface area contributed by atoms with Crippen molar-refractivity contribution >= 4 is 22.9 Å². The molecule has 1 atom stereocenters. The molecule has 0 aromatic heterocycles. The number of aliphatic hydroxyl groups is 1. The number of carbonyl (C=O) groups is 2. The Hall–Kier alpha value is -0.590. The molecule has 6 heteroatoms. The molecule has 0 aromatic rings. The zero-order valence-corrected chi connectivity index (χ0v) is 10.6. The summed E-state index contributed by atoms with van der Waals surface area (Å²) in [5.41, 5.74) is -0.0885. The van der Waals surface area contributed by atoms with Crippen molar-refractivity contribution in [3.8, 4) is 0 Å². The van der Waals surface area contributed by atoms with Crippen LogP contribution in [0.4, 0.5) is 4.79 Å². The van der Waals surface area contributed by atoms with E-state index in [2.05, 4.69) is 5.32 Å². The normalized spacial score (nSPS) is 19.4. The average molecular weight is 246 g/mol. The fraction of sp³-hybridized carbons (Fsp3) is 0.800. The molecular formula is C10H18N2O3S. The summed E-state index contributed by atoms with van der Waals surface area (Å²) in [5, 5.41) is 12.5. The highest BCUT2D eigenvalue weighted by atomic mass is 32.2. The summed E-state index contributed by atoms with van der Waals surface area (Å²) in [6, 6.07) is 0. The average Bonchev–Trinajstić information content (AvgIpc) is 2.45. The van der Waals surface area contributed by atoms with E-state index in [-0.39, 0.29) is 29.0 Å².